The Morgan fingerprint density at radius 3 is 2.59 bits per heavy atom. The highest BCUT2D eigenvalue weighted by Gasteiger charge is 2.32. The minimum Gasteiger partial charge on any atom is -0.343 e. The SMILES string of the molecule is CCC1NC(=O)CN(c2ccc(Cl)cc2)C1=O. The van der Waals surface area contributed by atoms with Crippen molar-refractivity contribution in [3.63, 3.8) is 0 Å². The molecule has 90 valence electrons. The quantitative estimate of drug-likeness (QED) is 0.869. The Hall–Kier alpha value is -1.55. The maximum atomic E-state index is 12.1. The van der Waals surface area contributed by atoms with Crippen molar-refractivity contribution < 1.29 is 9.59 Å². The molecule has 4 nitrogen and oxygen atoms in total. The van der Waals surface area contributed by atoms with Gasteiger partial charge in [0.2, 0.25) is 11.8 Å². The second-order valence-corrected chi connectivity index (χ2v) is 4.37. The van der Waals surface area contributed by atoms with Gasteiger partial charge >= 0.3 is 0 Å². The van der Waals surface area contributed by atoms with E-state index >= 15 is 0 Å². The molecule has 1 atom stereocenters. The van der Waals surface area contributed by atoms with Crippen LogP contribution >= 0.6 is 11.6 Å². The van der Waals surface area contributed by atoms with Gasteiger partial charge < -0.3 is 10.2 Å². The zero-order valence-corrected chi connectivity index (χ0v) is 10.2. The Morgan fingerprint density at radius 2 is 2.00 bits per heavy atom. The maximum Gasteiger partial charge on any atom is 0.250 e. The maximum absolute atomic E-state index is 12.1. The molecule has 1 aliphatic rings. The predicted molar refractivity (Wildman–Crippen MR) is 66.0 cm³/mol. The number of amides is 2. The number of carbonyl (C=O) groups is 2. The van der Waals surface area contributed by atoms with Crippen molar-refractivity contribution in [3.8, 4) is 0 Å². The highest BCUT2D eigenvalue weighted by atomic mass is 35.5. The highest BCUT2D eigenvalue weighted by molar-refractivity contribution is 6.30. The van der Waals surface area contributed by atoms with E-state index in [0.717, 1.165) is 0 Å². The summed E-state index contributed by atoms with van der Waals surface area (Å²) in [5.41, 5.74) is 0.702. The van der Waals surface area contributed by atoms with Crippen LogP contribution in [0.4, 0.5) is 5.69 Å². The Balaban J connectivity index is 2.27. The zero-order chi connectivity index (χ0) is 12.4. The lowest BCUT2D eigenvalue weighted by Crippen LogP contribution is -2.58. The van der Waals surface area contributed by atoms with Crippen molar-refractivity contribution in [1.82, 2.24) is 5.32 Å². The molecule has 0 saturated carbocycles. The molecule has 1 unspecified atom stereocenters. The van der Waals surface area contributed by atoms with E-state index in [1.165, 1.54) is 4.90 Å². The molecule has 0 radical (unpaired) electrons. The Morgan fingerprint density at radius 1 is 1.35 bits per heavy atom. The van der Waals surface area contributed by atoms with Gasteiger partial charge in [0.15, 0.2) is 0 Å². The first-order valence-corrected chi connectivity index (χ1v) is 5.86. The molecular weight excluding hydrogens is 240 g/mol. The van der Waals surface area contributed by atoms with Gasteiger partial charge in [-0.05, 0) is 30.7 Å². The van der Waals surface area contributed by atoms with Crippen molar-refractivity contribution >= 4 is 29.1 Å². The van der Waals surface area contributed by atoms with Crippen LogP contribution in [0.2, 0.25) is 5.02 Å². The summed E-state index contributed by atoms with van der Waals surface area (Å²) in [6, 6.07) is 6.47. The summed E-state index contributed by atoms with van der Waals surface area (Å²) >= 11 is 5.79. The molecule has 17 heavy (non-hydrogen) atoms. The van der Waals surface area contributed by atoms with Crippen molar-refractivity contribution in [2.45, 2.75) is 19.4 Å². The molecule has 0 aliphatic carbocycles. The topological polar surface area (TPSA) is 49.4 Å². The average molecular weight is 253 g/mol. The number of halogens is 1. The number of carbonyl (C=O) groups excluding carboxylic acids is 2. The Bertz CT molecular complexity index is 444. The predicted octanol–water partition coefficient (Wildman–Crippen LogP) is 1.58. The standard InChI is InChI=1S/C12H13ClN2O2/c1-2-10-12(17)15(7-11(16)14-10)9-5-3-8(13)4-6-9/h3-6,10H,2,7H2,1H3,(H,14,16). The molecule has 1 aromatic carbocycles. The van der Waals surface area contributed by atoms with E-state index in [9.17, 15) is 9.59 Å². The van der Waals surface area contributed by atoms with Gasteiger partial charge in [-0.3, -0.25) is 9.59 Å². The fourth-order valence-electron chi connectivity index (χ4n) is 1.83. The van der Waals surface area contributed by atoms with Gasteiger partial charge in [-0.25, -0.2) is 0 Å². The van der Waals surface area contributed by atoms with Crippen LogP contribution in [-0.4, -0.2) is 24.4 Å². The number of rotatable bonds is 2. The number of piperazine rings is 1. The molecule has 1 N–H and O–H groups in total. The van der Waals surface area contributed by atoms with E-state index in [4.69, 9.17) is 11.6 Å². The summed E-state index contributed by atoms with van der Waals surface area (Å²) in [7, 11) is 0. The van der Waals surface area contributed by atoms with E-state index < -0.39 is 6.04 Å². The third kappa shape index (κ3) is 2.42. The van der Waals surface area contributed by atoms with Crippen LogP contribution in [-0.2, 0) is 9.59 Å². The monoisotopic (exact) mass is 252 g/mol. The fraction of sp³-hybridized carbons (Fsp3) is 0.333. The zero-order valence-electron chi connectivity index (χ0n) is 9.44. The molecule has 1 aliphatic heterocycles. The molecule has 5 heteroatoms. The third-order valence-electron chi connectivity index (χ3n) is 2.75. The first-order chi connectivity index (χ1) is 8.11. The number of nitrogens with one attached hydrogen (secondary N) is 1. The summed E-state index contributed by atoms with van der Waals surface area (Å²) in [5, 5.41) is 3.28. The minimum absolute atomic E-state index is 0.0664. The third-order valence-corrected chi connectivity index (χ3v) is 3.00. The summed E-state index contributed by atoms with van der Waals surface area (Å²) in [6.07, 6.45) is 0.592. The number of benzene rings is 1. The van der Waals surface area contributed by atoms with E-state index in [-0.39, 0.29) is 18.4 Å². The van der Waals surface area contributed by atoms with E-state index in [2.05, 4.69) is 5.32 Å². The van der Waals surface area contributed by atoms with E-state index in [1.54, 1.807) is 24.3 Å². The second kappa shape index (κ2) is 4.75. The fourth-order valence-corrected chi connectivity index (χ4v) is 1.95. The normalized spacial score (nSPS) is 20.4. The van der Waals surface area contributed by atoms with Gasteiger partial charge in [-0.15, -0.1) is 0 Å². The van der Waals surface area contributed by atoms with Gasteiger partial charge in [-0.1, -0.05) is 18.5 Å². The molecule has 0 bridgehead atoms. The summed E-state index contributed by atoms with van der Waals surface area (Å²) in [4.78, 5) is 25.1. The van der Waals surface area contributed by atoms with Crippen LogP contribution in [0.5, 0.6) is 0 Å². The van der Waals surface area contributed by atoms with Gasteiger partial charge in [0.05, 0.1) is 0 Å². The lowest BCUT2D eigenvalue weighted by molar-refractivity contribution is -0.131. The molecule has 1 fully saturated rings. The summed E-state index contributed by atoms with van der Waals surface area (Å²) in [5.74, 6) is -0.208. The van der Waals surface area contributed by atoms with Gasteiger partial charge in [0.25, 0.3) is 0 Å². The van der Waals surface area contributed by atoms with Crippen LogP contribution < -0.4 is 10.2 Å². The number of hydrogen-bond acceptors (Lipinski definition) is 2. The number of nitrogens with zero attached hydrogens (tertiary/aromatic N) is 1. The minimum atomic E-state index is -0.424. The highest BCUT2D eigenvalue weighted by Crippen LogP contribution is 2.20. The lowest BCUT2D eigenvalue weighted by Gasteiger charge is -2.32. The number of hydrogen-bond donors (Lipinski definition) is 1. The van der Waals surface area contributed by atoms with Crippen LogP contribution in [0.15, 0.2) is 24.3 Å². The van der Waals surface area contributed by atoms with Gasteiger partial charge in [-0.2, -0.15) is 0 Å². The molecule has 1 saturated heterocycles. The summed E-state index contributed by atoms with van der Waals surface area (Å²) in [6.45, 7) is 1.94. The molecular formula is C12H13ClN2O2. The van der Waals surface area contributed by atoms with Crippen molar-refractivity contribution in [1.29, 1.82) is 0 Å². The molecule has 2 rings (SSSR count). The Kier molecular flexibility index (Phi) is 3.33. The van der Waals surface area contributed by atoms with Gasteiger partial charge in [0.1, 0.15) is 12.6 Å². The number of anilines is 1. The molecule has 0 aromatic heterocycles. The van der Waals surface area contributed by atoms with Gasteiger partial charge in [0, 0.05) is 10.7 Å². The van der Waals surface area contributed by atoms with Crippen molar-refractivity contribution in [2.75, 3.05) is 11.4 Å². The molecule has 1 aromatic rings. The smallest absolute Gasteiger partial charge is 0.250 e. The first-order valence-electron chi connectivity index (χ1n) is 5.48. The molecule has 1 heterocycles. The van der Waals surface area contributed by atoms with Crippen molar-refractivity contribution in [3.05, 3.63) is 29.3 Å². The largest absolute Gasteiger partial charge is 0.343 e. The van der Waals surface area contributed by atoms with Crippen LogP contribution in [0.3, 0.4) is 0 Å². The Labute approximate surface area is 105 Å². The van der Waals surface area contributed by atoms with E-state index in [0.29, 0.717) is 17.1 Å². The van der Waals surface area contributed by atoms with Crippen LogP contribution in [0.1, 0.15) is 13.3 Å². The average Bonchev–Trinajstić information content (AvgIpc) is 2.33. The summed E-state index contributed by atoms with van der Waals surface area (Å²) < 4.78 is 0. The molecule has 2 amide bonds. The lowest BCUT2D eigenvalue weighted by atomic mass is 10.1. The molecule has 0 spiro atoms. The second-order valence-electron chi connectivity index (χ2n) is 3.93. The first kappa shape index (κ1) is 11.9. The van der Waals surface area contributed by atoms with E-state index in [1.807, 2.05) is 6.92 Å². The van der Waals surface area contributed by atoms with Crippen molar-refractivity contribution in [2.24, 2.45) is 0 Å². The van der Waals surface area contributed by atoms with Crippen LogP contribution in [0.25, 0.3) is 0 Å². The van der Waals surface area contributed by atoms with Crippen LogP contribution in [0, 0.1) is 0 Å².